The van der Waals surface area contributed by atoms with Crippen LogP contribution in [0.3, 0.4) is 0 Å². The van der Waals surface area contributed by atoms with E-state index in [-0.39, 0.29) is 32.4 Å². The van der Waals surface area contributed by atoms with Crippen LogP contribution in [0.15, 0.2) is 91.0 Å². The van der Waals surface area contributed by atoms with E-state index in [1.165, 1.54) is 11.1 Å². The van der Waals surface area contributed by atoms with Gasteiger partial charge in [-0.25, -0.2) is 9.59 Å². The maximum Gasteiger partial charge on any atom is 0.348 e. The van der Waals surface area contributed by atoms with Gasteiger partial charge in [0.15, 0.2) is 6.04 Å². The zero-order valence-electron chi connectivity index (χ0n) is 35.3. The van der Waals surface area contributed by atoms with E-state index in [4.69, 9.17) is 33.3 Å². The second kappa shape index (κ2) is 16.7. The lowest BCUT2D eigenvalue weighted by molar-refractivity contribution is -0.213. The highest BCUT2D eigenvalue weighted by atomic mass is 16.8. The van der Waals surface area contributed by atoms with Crippen molar-refractivity contribution in [2.24, 2.45) is 10.8 Å². The molecule has 2 bridgehead atoms. The van der Waals surface area contributed by atoms with E-state index in [1.807, 2.05) is 60.7 Å². The summed E-state index contributed by atoms with van der Waals surface area (Å²) in [6, 6.07) is 23.9. The summed E-state index contributed by atoms with van der Waals surface area (Å²) in [5, 5.41) is 14.9. The lowest BCUT2D eigenvalue weighted by Gasteiger charge is -2.49. The topological polar surface area (TPSA) is 185 Å². The molecule has 15 nitrogen and oxygen atoms in total. The molecule has 0 aromatic heterocycles. The minimum atomic E-state index is -1.57. The Bertz CT molecular complexity index is 2170. The molecule has 328 valence electrons. The smallest absolute Gasteiger partial charge is 0.348 e. The highest BCUT2D eigenvalue weighted by Crippen LogP contribution is 2.59. The highest BCUT2D eigenvalue weighted by Gasteiger charge is 2.76. The van der Waals surface area contributed by atoms with Crippen LogP contribution in [0.5, 0.6) is 0 Å². The molecule has 3 aromatic rings. The molecular formula is C47H52N2O13. The Morgan fingerprint density at radius 1 is 0.919 bits per heavy atom. The average Bonchev–Trinajstić information content (AvgIpc) is 3.90. The Balaban J connectivity index is 1.08. The number of fused-ring (bicyclic) bond motifs is 4. The van der Waals surface area contributed by atoms with Gasteiger partial charge in [0.1, 0.15) is 42.0 Å². The monoisotopic (exact) mass is 852 g/mol. The molecule has 15 heteroatoms. The van der Waals surface area contributed by atoms with Gasteiger partial charge in [-0.05, 0) is 44.4 Å². The van der Waals surface area contributed by atoms with Gasteiger partial charge >= 0.3 is 23.9 Å². The molecule has 62 heavy (non-hydrogen) atoms. The summed E-state index contributed by atoms with van der Waals surface area (Å²) in [7, 11) is 0. The molecule has 8 unspecified atom stereocenters. The predicted molar refractivity (Wildman–Crippen MR) is 219 cm³/mol. The number of hydroxylamine groups is 2. The Kier molecular flexibility index (Phi) is 11.6. The Morgan fingerprint density at radius 3 is 2.16 bits per heavy atom. The fourth-order valence-electron chi connectivity index (χ4n) is 9.07. The van der Waals surface area contributed by atoms with Gasteiger partial charge in [0.2, 0.25) is 17.8 Å². The molecule has 4 aliphatic heterocycles. The maximum absolute atomic E-state index is 15.0. The Morgan fingerprint density at radius 2 is 1.56 bits per heavy atom. The quantitative estimate of drug-likeness (QED) is 0.141. The van der Waals surface area contributed by atoms with Gasteiger partial charge in [0, 0.05) is 35.5 Å². The van der Waals surface area contributed by atoms with Gasteiger partial charge < -0.3 is 38.8 Å². The summed E-state index contributed by atoms with van der Waals surface area (Å²) in [5.74, 6) is -4.43. The molecule has 8 rings (SSSR count). The van der Waals surface area contributed by atoms with Crippen molar-refractivity contribution < 1.29 is 62.3 Å². The Hall–Kier alpha value is -5.45. The number of esters is 4. The fourth-order valence-corrected chi connectivity index (χ4v) is 9.07. The van der Waals surface area contributed by atoms with Crippen LogP contribution in [0.4, 0.5) is 0 Å². The first-order chi connectivity index (χ1) is 29.5. The number of cyclic esters (lactones) is 1. The van der Waals surface area contributed by atoms with E-state index in [0.29, 0.717) is 22.3 Å². The van der Waals surface area contributed by atoms with Crippen molar-refractivity contribution in [3.8, 4) is 0 Å². The first-order valence-electron chi connectivity index (χ1n) is 20.9. The summed E-state index contributed by atoms with van der Waals surface area (Å²) in [6.07, 6.45) is -1.88. The zero-order valence-corrected chi connectivity index (χ0v) is 35.3. The first kappa shape index (κ1) is 43.2. The number of nitrogens with one attached hydrogen (secondary N) is 1. The number of amides is 1. The number of nitrogens with zero attached hydrogens (tertiary/aromatic N) is 1. The van der Waals surface area contributed by atoms with Gasteiger partial charge in [-0.1, -0.05) is 98.8 Å². The van der Waals surface area contributed by atoms with Crippen molar-refractivity contribution >= 4 is 35.9 Å². The van der Waals surface area contributed by atoms with E-state index >= 15 is 0 Å². The highest BCUT2D eigenvalue weighted by molar-refractivity contribution is 5.94. The standard InChI is InChI=1S/C47H52N2O13/c1-44(2,3)59-35(52)23-21-32(26-50)48-43(55)46-24-33-36-37(61-47(60-36,30-12-8-6-9-13-30)31-14-10-7-11-15-31)39(46)62-49(38(46)41(53)57-33)25-29-18-16-28(17-19-29)20-22-34(51)58-40-42(54)56-27-45(40,4)5/h6-20,22,32-33,36-40,50H,21,23-27H2,1-5H3,(H,48,55). The summed E-state index contributed by atoms with van der Waals surface area (Å²) >= 11 is 0. The van der Waals surface area contributed by atoms with Crippen molar-refractivity contribution in [2.45, 2.75) is 114 Å². The molecule has 1 amide bonds. The van der Waals surface area contributed by atoms with Gasteiger partial charge in [0.25, 0.3) is 0 Å². The molecule has 1 saturated carbocycles. The van der Waals surface area contributed by atoms with Gasteiger partial charge in [-0.2, -0.15) is 5.06 Å². The molecule has 4 saturated heterocycles. The summed E-state index contributed by atoms with van der Waals surface area (Å²) in [4.78, 5) is 73.5. The van der Waals surface area contributed by atoms with E-state index in [9.17, 15) is 29.1 Å². The van der Waals surface area contributed by atoms with Crippen molar-refractivity contribution in [3.63, 3.8) is 0 Å². The number of carbonyl (C=O) groups is 5. The zero-order chi connectivity index (χ0) is 44.0. The fraction of sp³-hybridized carbons (Fsp3) is 0.468. The predicted octanol–water partition coefficient (Wildman–Crippen LogP) is 4.28. The number of benzene rings is 3. The number of aliphatic hydroxyl groups excluding tert-OH is 1. The van der Waals surface area contributed by atoms with E-state index in [1.54, 1.807) is 65.0 Å². The average molecular weight is 853 g/mol. The lowest BCUT2D eigenvalue weighted by Crippen LogP contribution is -2.70. The van der Waals surface area contributed by atoms with E-state index < -0.39 is 101 Å². The third kappa shape index (κ3) is 8.15. The van der Waals surface area contributed by atoms with Crippen molar-refractivity contribution in [3.05, 3.63) is 113 Å². The molecule has 4 heterocycles. The lowest BCUT2D eigenvalue weighted by atomic mass is 9.62. The van der Waals surface area contributed by atoms with Gasteiger partial charge in [0.05, 0.1) is 19.2 Å². The molecule has 0 radical (unpaired) electrons. The van der Waals surface area contributed by atoms with Crippen LogP contribution >= 0.6 is 0 Å². The minimum Gasteiger partial charge on any atom is -0.462 e. The van der Waals surface area contributed by atoms with Crippen molar-refractivity contribution in [1.29, 1.82) is 0 Å². The van der Waals surface area contributed by atoms with E-state index in [2.05, 4.69) is 5.32 Å². The molecule has 5 aliphatic rings. The molecule has 8 atom stereocenters. The van der Waals surface area contributed by atoms with Crippen LogP contribution in [-0.2, 0) is 69.6 Å². The maximum atomic E-state index is 15.0. The van der Waals surface area contributed by atoms with Crippen LogP contribution in [0.2, 0.25) is 0 Å². The van der Waals surface area contributed by atoms with Crippen LogP contribution in [0.1, 0.15) is 76.1 Å². The normalized spacial score (nSPS) is 28.7. The first-order valence-corrected chi connectivity index (χ1v) is 20.9. The summed E-state index contributed by atoms with van der Waals surface area (Å²) < 4.78 is 36.1. The number of carbonyl (C=O) groups excluding carboxylic acids is 5. The number of aliphatic hydroxyl groups is 1. The summed E-state index contributed by atoms with van der Waals surface area (Å²) in [5.41, 5.74) is -0.172. The van der Waals surface area contributed by atoms with Gasteiger partial charge in [-0.3, -0.25) is 19.2 Å². The molecule has 2 N–H and O–H groups in total. The number of ether oxygens (including phenoxy) is 6. The van der Waals surface area contributed by atoms with Crippen LogP contribution in [0, 0.1) is 10.8 Å². The molecule has 5 fully saturated rings. The summed E-state index contributed by atoms with van der Waals surface area (Å²) in [6.45, 7) is 8.57. The molecule has 0 spiro atoms. The third-order valence-electron chi connectivity index (χ3n) is 12.0. The minimum absolute atomic E-state index is 0.0282. The SMILES string of the molecule is CC(C)(C)OC(=O)CCC(CO)NC(=O)C12CC3OC(=O)C1N(Cc1ccc(C=CC(=O)OC4C(=O)OCC4(C)C)cc1)OC2C1OC(c2ccccc2)(c2ccccc2)OC31. The molecule has 3 aromatic carbocycles. The Labute approximate surface area is 359 Å². The van der Waals surface area contributed by atoms with E-state index in [0.717, 1.165) is 0 Å². The second-order valence-electron chi connectivity index (χ2n) is 18.2. The number of rotatable bonds is 13. The number of hydrogen-bond acceptors (Lipinski definition) is 14. The van der Waals surface area contributed by atoms with Crippen LogP contribution < -0.4 is 5.32 Å². The largest absolute Gasteiger partial charge is 0.462 e. The van der Waals surface area contributed by atoms with Crippen molar-refractivity contribution in [2.75, 3.05) is 13.2 Å². The molecular weight excluding hydrogens is 801 g/mol. The third-order valence-corrected chi connectivity index (χ3v) is 12.0. The van der Waals surface area contributed by atoms with Crippen LogP contribution in [0.25, 0.3) is 6.08 Å². The van der Waals surface area contributed by atoms with Gasteiger partial charge in [-0.15, -0.1) is 0 Å². The second-order valence-corrected chi connectivity index (χ2v) is 18.2. The number of hydrogen-bond donors (Lipinski definition) is 2. The van der Waals surface area contributed by atoms with Crippen LogP contribution in [-0.4, -0.2) is 101 Å². The molecule has 1 aliphatic carbocycles. The van der Waals surface area contributed by atoms with Crippen molar-refractivity contribution in [1.82, 2.24) is 10.4 Å².